The van der Waals surface area contributed by atoms with Gasteiger partial charge in [-0.1, -0.05) is 17.8 Å². The number of aliphatic hydroxyl groups excluding tert-OH is 1. The van der Waals surface area contributed by atoms with Crippen molar-refractivity contribution in [3.05, 3.63) is 37.2 Å². The summed E-state index contributed by atoms with van der Waals surface area (Å²) in [5.74, 6) is 1.61. The summed E-state index contributed by atoms with van der Waals surface area (Å²) in [5, 5.41) is 18.1. The molecule has 6 heteroatoms. The lowest BCUT2D eigenvalue weighted by molar-refractivity contribution is 0.296. The van der Waals surface area contributed by atoms with Crippen LogP contribution in [0.1, 0.15) is 6.42 Å². The second-order valence-corrected chi connectivity index (χ2v) is 4.93. The summed E-state index contributed by atoms with van der Waals surface area (Å²) in [5.41, 5.74) is 0.936. The van der Waals surface area contributed by atoms with E-state index in [1.165, 1.54) is 0 Å². The average molecular weight is 276 g/mol. The Labute approximate surface area is 116 Å². The maximum atomic E-state index is 8.82. The number of aliphatic hydroxyl groups is 1. The molecule has 1 N–H and O–H groups in total. The SMILES string of the molecule is C=CCn1c(SCCCO)nnc1-c1cccnc1. The standard InChI is InChI=1S/C13H16N4OS/c1-2-7-17-12(11-5-3-6-14-10-11)15-16-13(17)19-9-4-8-18/h2-3,5-6,10,18H,1,4,7-9H2. The van der Waals surface area contributed by atoms with Gasteiger partial charge in [-0.25, -0.2) is 0 Å². The Morgan fingerprint density at radius 3 is 3.00 bits per heavy atom. The summed E-state index contributed by atoms with van der Waals surface area (Å²) in [6, 6.07) is 3.83. The van der Waals surface area contributed by atoms with Crippen LogP contribution >= 0.6 is 11.8 Å². The third kappa shape index (κ3) is 3.42. The Kier molecular flexibility index (Phi) is 5.11. The molecule has 5 nitrogen and oxygen atoms in total. The van der Waals surface area contributed by atoms with E-state index in [1.54, 1.807) is 24.2 Å². The van der Waals surface area contributed by atoms with E-state index in [4.69, 9.17) is 5.11 Å². The van der Waals surface area contributed by atoms with Crippen LogP contribution in [0.3, 0.4) is 0 Å². The first-order valence-corrected chi connectivity index (χ1v) is 7.03. The van der Waals surface area contributed by atoms with E-state index in [1.807, 2.05) is 22.8 Å². The Bertz CT molecular complexity index is 527. The van der Waals surface area contributed by atoms with Gasteiger partial charge in [-0.2, -0.15) is 0 Å². The lowest BCUT2D eigenvalue weighted by Crippen LogP contribution is -2.01. The molecule has 0 aromatic carbocycles. The van der Waals surface area contributed by atoms with E-state index in [0.29, 0.717) is 6.54 Å². The fraction of sp³-hybridized carbons (Fsp3) is 0.308. The summed E-state index contributed by atoms with van der Waals surface area (Å²) < 4.78 is 2.01. The lowest BCUT2D eigenvalue weighted by atomic mass is 10.3. The molecular formula is C13H16N4OS. The van der Waals surface area contributed by atoms with Crippen molar-refractivity contribution in [1.82, 2.24) is 19.7 Å². The highest BCUT2D eigenvalue weighted by molar-refractivity contribution is 7.99. The zero-order valence-corrected chi connectivity index (χ0v) is 11.4. The molecule has 2 aromatic rings. The molecule has 19 heavy (non-hydrogen) atoms. The Hall–Kier alpha value is -1.66. The second kappa shape index (κ2) is 7.06. The summed E-state index contributed by atoms with van der Waals surface area (Å²) in [4.78, 5) is 4.10. The summed E-state index contributed by atoms with van der Waals surface area (Å²) >= 11 is 1.59. The normalized spacial score (nSPS) is 10.6. The van der Waals surface area contributed by atoms with Crippen LogP contribution in [0.25, 0.3) is 11.4 Å². The maximum absolute atomic E-state index is 8.82. The second-order valence-electron chi connectivity index (χ2n) is 3.87. The number of allylic oxidation sites excluding steroid dienone is 1. The molecule has 2 heterocycles. The zero-order valence-electron chi connectivity index (χ0n) is 10.6. The van der Waals surface area contributed by atoms with Gasteiger partial charge < -0.3 is 5.11 Å². The van der Waals surface area contributed by atoms with Gasteiger partial charge in [0.15, 0.2) is 11.0 Å². The molecule has 0 saturated heterocycles. The predicted molar refractivity (Wildman–Crippen MR) is 75.9 cm³/mol. The molecule has 0 atom stereocenters. The van der Waals surface area contributed by atoms with Crippen molar-refractivity contribution in [3.63, 3.8) is 0 Å². The topological polar surface area (TPSA) is 63.8 Å². The maximum Gasteiger partial charge on any atom is 0.191 e. The summed E-state index contributed by atoms with van der Waals surface area (Å²) in [6.07, 6.45) is 6.06. The van der Waals surface area contributed by atoms with E-state index in [9.17, 15) is 0 Å². The largest absolute Gasteiger partial charge is 0.396 e. The highest BCUT2D eigenvalue weighted by Crippen LogP contribution is 2.23. The Morgan fingerprint density at radius 2 is 2.32 bits per heavy atom. The van der Waals surface area contributed by atoms with Gasteiger partial charge in [0.05, 0.1) is 0 Å². The fourth-order valence-electron chi connectivity index (χ4n) is 1.63. The van der Waals surface area contributed by atoms with Crippen molar-refractivity contribution in [2.24, 2.45) is 0 Å². The van der Waals surface area contributed by atoms with Crippen molar-refractivity contribution in [2.75, 3.05) is 12.4 Å². The van der Waals surface area contributed by atoms with Crippen LogP contribution in [0.4, 0.5) is 0 Å². The monoisotopic (exact) mass is 276 g/mol. The van der Waals surface area contributed by atoms with Crippen molar-refractivity contribution >= 4 is 11.8 Å². The molecule has 2 aromatic heterocycles. The summed E-state index contributed by atoms with van der Waals surface area (Å²) in [7, 11) is 0. The third-order valence-electron chi connectivity index (χ3n) is 2.48. The average Bonchev–Trinajstić information content (AvgIpc) is 2.84. The Balaban J connectivity index is 2.26. The van der Waals surface area contributed by atoms with Gasteiger partial charge in [0, 0.05) is 36.9 Å². The van der Waals surface area contributed by atoms with Crippen LogP contribution in [0.2, 0.25) is 0 Å². The Morgan fingerprint density at radius 1 is 1.42 bits per heavy atom. The predicted octanol–water partition coefficient (Wildman–Crippen LogP) is 2.00. The van der Waals surface area contributed by atoms with Crippen molar-refractivity contribution in [2.45, 2.75) is 18.1 Å². The molecule has 0 saturated carbocycles. The van der Waals surface area contributed by atoms with Gasteiger partial charge in [0.1, 0.15) is 0 Å². The van der Waals surface area contributed by atoms with Crippen molar-refractivity contribution in [3.8, 4) is 11.4 Å². The number of rotatable bonds is 7. The highest BCUT2D eigenvalue weighted by Gasteiger charge is 2.13. The van der Waals surface area contributed by atoms with Gasteiger partial charge in [-0.05, 0) is 18.6 Å². The quantitative estimate of drug-likeness (QED) is 0.476. The molecule has 0 fully saturated rings. The first-order valence-electron chi connectivity index (χ1n) is 6.05. The molecule has 0 amide bonds. The number of nitrogens with zero attached hydrogens (tertiary/aromatic N) is 4. The van der Waals surface area contributed by atoms with E-state index in [-0.39, 0.29) is 6.61 Å². The number of aromatic nitrogens is 4. The van der Waals surface area contributed by atoms with Gasteiger partial charge in [0.25, 0.3) is 0 Å². The number of hydrogen-bond acceptors (Lipinski definition) is 5. The molecule has 2 rings (SSSR count). The van der Waals surface area contributed by atoms with Crippen LogP contribution < -0.4 is 0 Å². The minimum Gasteiger partial charge on any atom is -0.396 e. The smallest absolute Gasteiger partial charge is 0.191 e. The van der Waals surface area contributed by atoms with Crippen molar-refractivity contribution in [1.29, 1.82) is 0 Å². The third-order valence-corrected chi connectivity index (χ3v) is 3.53. The zero-order chi connectivity index (χ0) is 13.5. The molecule has 0 bridgehead atoms. The lowest BCUT2D eigenvalue weighted by Gasteiger charge is -2.06. The molecule has 100 valence electrons. The van der Waals surface area contributed by atoms with Gasteiger partial charge >= 0.3 is 0 Å². The van der Waals surface area contributed by atoms with Crippen molar-refractivity contribution < 1.29 is 5.11 Å². The van der Waals surface area contributed by atoms with Crippen LogP contribution in [-0.4, -0.2) is 37.2 Å². The van der Waals surface area contributed by atoms with E-state index in [0.717, 1.165) is 28.7 Å². The van der Waals surface area contributed by atoms with Crippen LogP contribution in [0.15, 0.2) is 42.3 Å². The number of thioether (sulfide) groups is 1. The molecule has 0 radical (unpaired) electrons. The van der Waals surface area contributed by atoms with Crippen LogP contribution in [0, 0.1) is 0 Å². The van der Waals surface area contributed by atoms with Crippen LogP contribution in [-0.2, 0) is 6.54 Å². The van der Waals surface area contributed by atoms with Gasteiger partial charge in [-0.15, -0.1) is 16.8 Å². The summed E-state index contributed by atoms with van der Waals surface area (Å²) in [6.45, 7) is 4.61. The number of pyridine rings is 1. The first kappa shape index (κ1) is 13.8. The first-order chi connectivity index (χ1) is 9.36. The highest BCUT2D eigenvalue weighted by atomic mass is 32.2. The minimum absolute atomic E-state index is 0.193. The molecule has 0 spiro atoms. The minimum atomic E-state index is 0.193. The fourth-order valence-corrected chi connectivity index (χ4v) is 2.50. The van der Waals surface area contributed by atoms with Gasteiger partial charge in [0.2, 0.25) is 0 Å². The van der Waals surface area contributed by atoms with E-state index >= 15 is 0 Å². The molecule has 0 aliphatic carbocycles. The molecular weight excluding hydrogens is 260 g/mol. The van der Waals surface area contributed by atoms with E-state index < -0.39 is 0 Å². The molecule has 0 aliphatic rings. The van der Waals surface area contributed by atoms with Crippen LogP contribution in [0.5, 0.6) is 0 Å². The molecule has 0 unspecified atom stereocenters. The molecule has 0 aliphatic heterocycles. The van der Waals surface area contributed by atoms with E-state index in [2.05, 4.69) is 21.8 Å². The van der Waals surface area contributed by atoms with Gasteiger partial charge in [-0.3, -0.25) is 9.55 Å². The number of hydrogen-bond donors (Lipinski definition) is 1.